The molecule has 0 saturated carbocycles. The number of ether oxygens (including phenoxy) is 2. The van der Waals surface area contributed by atoms with Gasteiger partial charge in [0.25, 0.3) is 0 Å². The van der Waals surface area contributed by atoms with Gasteiger partial charge in [-0.1, -0.05) is 0 Å². The minimum atomic E-state index is -0.155. The molecule has 0 aliphatic carbocycles. The number of carbonyl (C=O) groups is 1. The number of urea groups is 1. The fourth-order valence-electron chi connectivity index (χ4n) is 2.76. The first-order valence-electron chi connectivity index (χ1n) is 8.12. The topological polar surface area (TPSA) is 79.8 Å². The Morgan fingerprint density at radius 1 is 1.12 bits per heavy atom. The number of carbonyl (C=O) groups excluding carboxylic acids is 1. The summed E-state index contributed by atoms with van der Waals surface area (Å²) in [6, 6.07) is 6.92. The van der Waals surface area contributed by atoms with E-state index in [2.05, 4.69) is 20.2 Å². The van der Waals surface area contributed by atoms with Crippen LogP contribution in [0.25, 0.3) is 0 Å². The van der Waals surface area contributed by atoms with Gasteiger partial charge in [-0.3, -0.25) is 0 Å². The van der Waals surface area contributed by atoms with Gasteiger partial charge in [-0.2, -0.15) is 0 Å². The van der Waals surface area contributed by atoms with E-state index in [-0.39, 0.29) is 11.3 Å². The first-order valence-corrected chi connectivity index (χ1v) is 8.50. The molecule has 1 aliphatic heterocycles. The van der Waals surface area contributed by atoms with Gasteiger partial charge in [0.15, 0.2) is 11.5 Å². The van der Waals surface area contributed by atoms with Crippen LogP contribution in [0.1, 0.15) is 0 Å². The summed E-state index contributed by atoms with van der Waals surface area (Å²) in [4.78, 5) is 24.4. The Bertz CT molecular complexity index is 781. The fraction of sp³-hybridized carbons (Fsp3) is 0.353. The van der Waals surface area contributed by atoms with E-state index >= 15 is 0 Å². The third kappa shape index (κ3) is 4.08. The van der Waals surface area contributed by atoms with E-state index < -0.39 is 0 Å². The van der Waals surface area contributed by atoms with Crippen molar-refractivity contribution in [1.82, 2.24) is 14.9 Å². The van der Waals surface area contributed by atoms with E-state index in [9.17, 15) is 4.79 Å². The number of nitrogens with one attached hydrogen (secondary N) is 1. The minimum absolute atomic E-state index is 0.155. The van der Waals surface area contributed by atoms with Crippen molar-refractivity contribution in [2.45, 2.75) is 0 Å². The summed E-state index contributed by atoms with van der Waals surface area (Å²) in [5, 5.41) is 3.11. The Hall–Kier alpha value is -2.74. The van der Waals surface area contributed by atoms with Gasteiger partial charge in [0.05, 0.1) is 14.2 Å². The molecular weight excluding hydrogens is 358 g/mol. The van der Waals surface area contributed by atoms with Gasteiger partial charge >= 0.3 is 6.03 Å². The highest BCUT2D eigenvalue weighted by Gasteiger charge is 2.22. The Kier molecular flexibility index (Phi) is 5.62. The summed E-state index contributed by atoms with van der Waals surface area (Å²) >= 11 is 5.84. The lowest BCUT2D eigenvalue weighted by molar-refractivity contribution is 0.208. The second-order valence-corrected chi connectivity index (χ2v) is 6.00. The molecule has 2 heterocycles. The van der Waals surface area contributed by atoms with Gasteiger partial charge < -0.3 is 24.6 Å². The molecule has 1 N–H and O–H groups in total. The van der Waals surface area contributed by atoms with Crippen LogP contribution in [0.5, 0.6) is 11.5 Å². The van der Waals surface area contributed by atoms with Crippen molar-refractivity contribution in [3.05, 3.63) is 35.7 Å². The number of rotatable bonds is 4. The van der Waals surface area contributed by atoms with Crippen LogP contribution in [0.3, 0.4) is 0 Å². The summed E-state index contributed by atoms with van der Waals surface area (Å²) < 4.78 is 10.5. The molecule has 1 fully saturated rings. The zero-order valence-electron chi connectivity index (χ0n) is 14.6. The SMILES string of the molecule is COc1ccc(NC(=O)N2CCN(c3ccnc(Cl)n3)CC2)cc1OC. The molecule has 3 rings (SSSR count). The van der Waals surface area contributed by atoms with Gasteiger partial charge in [0.2, 0.25) is 5.28 Å². The highest BCUT2D eigenvalue weighted by molar-refractivity contribution is 6.28. The first kappa shape index (κ1) is 18.1. The van der Waals surface area contributed by atoms with E-state index in [4.69, 9.17) is 21.1 Å². The Labute approximate surface area is 156 Å². The number of aromatic nitrogens is 2. The van der Waals surface area contributed by atoms with Crippen LogP contribution in [-0.2, 0) is 0 Å². The molecule has 1 aromatic carbocycles. The van der Waals surface area contributed by atoms with Crippen LogP contribution in [-0.4, -0.2) is 61.3 Å². The van der Waals surface area contributed by atoms with Crippen LogP contribution < -0.4 is 19.7 Å². The molecule has 2 aromatic rings. The quantitative estimate of drug-likeness (QED) is 0.825. The molecule has 0 atom stereocenters. The van der Waals surface area contributed by atoms with E-state index in [1.54, 1.807) is 43.5 Å². The highest BCUT2D eigenvalue weighted by atomic mass is 35.5. The molecular formula is C17H20ClN5O3. The smallest absolute Gasteiger partial charge is 0.321 e. The maximum atomic E-state index is 12.5. The van der Waals surface area contributed by atoms with Gasteiger partial charge in [0.1, 0.15) is 5.82 Å². The molecule has 0 bridgehead atoms. The van der Waals surface area contributed by atoms with Crippen molar-refractivity contribution < 1.29 is 14.3 Å². The molecule has 138 valence electrons. The van der Waals surface area contributed by atoms with E-state index in [1.165, 1.54) is 0 Å². The van der Waals surface area contributed by atoms with Crippen molar-refractivity contribution in [2.24, 2.45) is 0 Å². The number of nitrogens with zero attached hydrogens (tertiary/aromatic N) is 4. The van der Waals surface area contributed by atoms with Crippen LogP contribution in [0.4, 0.5) is 16.3 Å². The summed E-state index contributed by atoms with van der Waals surface area (Å²) in [6.07, 6.45) is 1.63. The molecule has 0 unspecified atom stereocenters. The van der Waals surface area contributed by atoms with Crippen molar-refractivity contribution in [2.75, 3.05) is 50.6 Å². The standard InChI is InChI=1S/C17H20ClN5O3/c1-25-13-4-3-12(11-14(13)26-2)20-17(24)23-9-7-22(8-10-23)15-5-6-19-16(18)21-15/h3-6,11H,7-10H2,1-2H3,(H,20,24). The Morgan fingerprint density at radius 2 is 1.85 bits per heavy atom. The van der Waals surface area contributed by atoms with Gasteiger partial charge in [-0.15, -0.1) is 0 Å². The van der Waals surface area contributed by atoms with E-state index in [1.807, 2.05) is 6.07 Å². The fourth-order valence-corrected chi connectivity index (χ4v) is 2.90. The lowest BCUT2D eigenvalue weighted by Crippen LogP contribution is -2.50. The van der Waals surface area contributed by atoms with Crippen LogP contribution in [0.2, 0.25) is 5.28 Å². The van der Waals surface area contributed by atoms with Crippen LogP contribution in [0.15, 0.2) is 30.5 Å². The zero-order valence-corrected chi connectivity index (χ0v) is 15.4. The number of piperazine rings is 1. The number of hydrogen-bond donors (Lipinski definition) is 1. The molecule has 1 aromatic heterocycles. The van der Waals surface area contributed by atoms with Crippen molar-refractivity contribution in [3.8, 4) is 11.5 Å². The highest BCUT2D eigenvalue weighted by Crippen LogP contribution is 2.29. The number of hydrogen-bond acceptors (Lipinski definition) is 6. The molecule has 26 heavy (non-hydrogen) atoms. The molecule has 2 amide bonds. The van der Waals surface area contributed by atoms with Crippen molar-refractivity contribution in [1.29, 1.82) is 0 Å². The Morgan fingerprint density at radius 3 is 2.50 bits per heavy atom. The second kappa shape index (κ2) is 8.09. The van der Waals surface area contributed by atoms with Gasteiger partial charge in [-0.25, -0.2) is 14.8 Å². The predicted octanol–water partition coefficient (Wildman–Crippen LogP) is 2.50. The van der Waals surface area contributed by atoms with Crippen molar-refractivity contribution in [3.63, 3.8) is 0 Å². The van der Waals surface area contributed by atoms with E-state index in [0.717, 1.165) is 5.82 Å². The zero-order chi connectivity index (χ0) is 18.5. The molecule has 1 saturated heterocycles. The third-order valence-corrected chi connectivity index (χ3v) is 4.32. The molecule has 9 heteroatoms. The number of methoxy groups -OCH3 is 2. The summed E-state index contributed by atoms with van der Waals surface area (Å²) in [5.41, 5.74) is 0.651. The molecule has 1 aliphatic rings. The normalized spacial score (nSPS) is 14.1. The number of anilines is 2. The lowest BCUT2D eigenvalue weighted by Gasteiger charge is -2.35. The minimum Gasteiger partial charge on any atom is -0.493 e. The number of amides is 2. The summed E-state index contributed by atoms with van der Waals surface area (Å²) in [5.74, 6) is 1.95. The van der Waals surface area contributed by atoms with Gasteiger partial charge in [0, 0.05) is 44.1 Å². The average Bonchev–Trinajstić information content (AvgIpc) is 2.68. The lowest BCUT2D eigenvalue weighted by atomic mass is 10.2. The molecule has 0 radical (unpaired) electrons. The maximum Gasteiger partial charge on any atom is 0.321 e. The van der Waals surface area contributed by atoms with Crippen LogP contribution in [0, 0.1) is 0 Å². The summed E-state index contributed by atoms with van der Waals surface area (Å²) in [6.45, 7) is 2.51. The molecule has 0 spiro atoms. The number of benzene rings is 1. The van der Waals surface area contributed by atoms with Crippen molar-refractivity contribution >= 4 is 29.1 Å². The third-order valence-electron chi connectivity index (χ3n) is 4.14. The summed E-state index contributed by atoms with van der Waals surface area (Å²) in [7, 11) is 3.13. The molecule has 8 nitrogen and oxygen atoms in total. The second-order valence-electron chi connectivity index (χ2n) is 5.66. The predicted molar refractivity (Wildman–Crippen MR) is 99.4 cm³/mol. The first-order chi connectivity index (χ1) is 12.6. The monoisotopic (exact) mass is 377 g/mol. The van der Waals surface area contributed by atoms with Crippen LogP contribution >= 0.6 is 11.6 Å². The maximum absolute atomic E-state index is 12.5. The average molecular weight is 378 g/mol. The van der Waals surface area contributed by atoms with Gasteiger partial charge in [-0.05, 0) is 29.8 Å². The Balaban J connectivity index is 1.58. The number of halogens is 1. The van der Waals surface area contributed by atoms with E-state index in [0.29, 0.717) is 43.4 Å². The largest absolute Gasteiger partial charge is 0.493 e.